The fraction of sp³-hybridized carbons (Fsp3) is 0.722. The Hall–Kier alpha value is -1.93. The third kappa shape index (κ3) is 3.35. The lowest BCUT2D eigenvalue weighted by Gasteiger charge is -2.50. The molecule has 0 saturated carbocycles. The van der Waals surface area contributed by atoms with Gasteiger partial charge in [0.1, 0.15) is 24.4 Å². The van der Waals surface area contributed by atoms with Crippen LogP contribution in [0.3, 0.4) is 0 Å². The minimum Gasteiger partial charge on any atom is -0.481 e. The van der Waals surface area contributed by atoms with Gasteiger partial charge in [-0.1, -0.05) is 0 Å². The fourth-order valence-corrected chi connectivity index (χ4v) is 4.09. The summed E-state index contributed by atoms with van der Waals surface area (Å²) in [4.78, 5) is 24.5. The van der Waals surface area contributed by atoms with Crippen molar-refractivity contribution >= 4 is 11.7 Å². The number of carbonyl (C=O) groups excluding carboxylic acids is 1. The van der Waals surface area contributed by atoms with E-state index in [0.717, 1.165) is 57.9 Å². The van der Waals surface area contributed by atoms with Crippen LogP contribution in [0, 0.1) is 5.92 Å². The van der Waals surface area contributed by atoms with Gasteiger partial charge in [-0.2, -0.15) is 0 Å². The van der Waals surface area contributed by atoms with E-state index in [0.29, 0.717) is 18.4 Å². The average molecular weight is 362 g/mol. The number of ether oxygens (including phenoxy) is 3. The van der Waals surface area contributed by atoms with Crippen LogP contribution in [0.2, 0.25) is 0 Å². The second kappa shape index (κ2) is 7.36. The summed E-state index contributed by atoms with van der Waals surface area (Å²) in [5.41, 5.74) is -0.186. The standard InChI is InChI=1S/C18H26N4O4/c1-24-16-8-15(19-13-20-16)22-11-18(12-22)14(4-7-26-18)9-25-10-17(23)21-5-2-3-6-21/h8,13-14H,2-7,9-12H2,1H3. The Balaban J connectivity index is 1.28. The molecule has 3 aliphatic rings. The van der Waals surface area contributed by atoms with Crippen LogP contribution < -0.4 is 9.64 Å². The first-order valence-corrected chi connectivity index (χ1v) is 9.31. The number of hydrogen-bond acceptors (Lipinski definition) is 7. The van der Waals surface area contributed by atoms with Gasteiger partial charge in [-0.15, -0.1) is 0 Å². The van der Waals surface area contributed by atoms with Crippen molar-refractivity contribution in [2.75, 3.05) is 58.0 Å². The number of amides is 1. The number of methoxy groups -OCH3 is 1. The number of anilines is 1. The molecule has 1 amide bonds. The number of aromatic nitrogens is 2. The van der Waals surface area contributed by atoms with Crippen LogP contribution in [-0.2, 0) is 14.3 Å². The maximum Gasteiger partial charge on any atom is 0.248 e. The second-order valence-corrected chi connectivity index (χ2v) is 7.28. The van der Waals surface area contributed by atoms with E-state index in [-0.39, 0.29) is 18.1 Å². The molecule has 0 bridgehead atoms. The van der Waals surface area contributed by atoms with Gasteiger partial charge < -0.3 is 24.0 Å². The normalized spacial score (nSPS) is 24.1. The number of rotatable bonds is 6. The van der Waals surface area contributed by atoms with Crippen LogP contribution in [-0.4, -0.2) is 79.5 Å². The van der Waals surface area contributed by atoms with E-state index in [1.165, 1.54) is 6.33 Å². The third-order valence-electron chi connectivity index (χ3n) is 5.68. The second-order valence-electron chi connectivity index (χ2n) is 7.28. The van der Waals surface area contributed by atoms with Crippen LogP contribution in [0.15, 0.2) is 12.4 Å². The van der Waals surface area contributed by atoms with E-state index in [1.54, 1.807) is 7.11 Å². The van der Waals surface area contributed by atoms with Gasteiger partial charge in [0.2, 0.25) is 11.8 Å². The molecule has 142 valence electrons. The van der Waals surface area contributed by atoms with E-state index in [9.17, 15) is 4.79 Å². The zero-order valence-corrected chi connectivity index (χ0v) is 15.2. The molecule has 3 aliphatic heterocycles. The summed E-state index contributed by atoms with van der Waals surface area (Å²) in [5.74, 6) is 1.83. The minimum absolute atomic E-state index is 0.110. The predicted molar refractivity (Wildman–Crippen MR) is 94.2 cm³/mol. The molecule has 0 N–H and O–H groups in total. The van der Waals surface area contributed by atoms with E-state index in [2.05, 4.69) is 14.9 Å². The summed E-state index contributed by atoms with van der Waals surface area (Å²) in [6.07, 6.45) is 4.70. The topological polar surface area (TPSA) is 77.0 Å². The maximum absolute atomic E-state index is 12.1. The van der Waals surface area contributed by atoms with E-state index in [4.69, 9.17) is 14.2 Å². The highest BCUT2D eigenvalue weighted by atomic mass is 16.5. The third-order valence-corrected chi connectivity index (χ3v) is 5.68. The van der Waals surface area contributed by atoms with E-state index >= 15 is 0 Å². The molecule has 4 rings (SSSR count). The summed E-state index contributed by atoms with van der Waals surface area (Å²) in [6.45, 7) is 4.80. The largest absolute Gasteiger partial charge is 0.481 e. The molecule has 1 aromatic rings. The summed E-state index contributed by atoms with van der Waals surface area (Å²) in [6, 6.07) is 1.84. The fourth-order valence-electron chi connectivity index (χ4n) is 4.09. The lowest BCUT2D eigenvalue weighted by atomic mass is 9.81. The SMILES string of the molecule is COc1cc(N2CC3(C2)OCCC3COCC(=O)N2CCCC2)ncn1. The summed E-state index contributed by atoms with van der Waals surface area (Å²) in [7, 11) is 1.60. The van der Waals surface area contributed by atoms with Gasteiger partial charge in [0.25, 0.3) is 0 Å². The summed E-state index contributed by atoms with van der Waals surface area (Å²) in [5, 5.41) is 0. The van der Waals surface area contributed by atoms with Crippen LogP contribution in [0.5, 0.6) is 5.88 Å². The van der Waals surface area contributed by atoms with E-state index in [1.807, 2.05) is 11.0 Å². The molecule has 8 heteroatoms. The van der Waals surface area contributed by atoms with Gasteiger partial charge in [0, 0.05) is 31.7 Å². The van der Waals surface area contributed by atoms with Crippen LogP contribution in [0.25, 0.3) is 0 Å². The van der Waals surface area contributed by atoms with Crippen molar-refractivity contribution in [2.45, 2.75) is 24.9 Å². The Morgan fingerprint density at radius 2 is 2.15 bits per heavy atom. The molecule has 0 aromatic carbocycles. The maximum atomic E-state index is 12.1. The molecule has 26 heavy (non-hydrogen) atoms. The Morgan fingerprint density at radius 3 is 2.92 bits per heavy atom. The smallest absolute Gasteiger partial charge is 0.248 e. The molecule has 1 unspecified atom stereocenters. The first-order chi connectivity index (χ1) is 12.7. The van der Waals surface area contributed by atoms with E-state index < -0.39 is 0 Å². The number of carbonyl (C=O) groups is 1. The van der Waals surface area contributed by atoms with Crippen molar-refractivity contribution < 1.29 is 19.0 Å². The Morgan fingerprint density at radius 1 is 1.35 bits per heavy atom. The van der Waals surface area contributed by atoms with Gasteiger partial charge in [-0.05, 0) is 19.3 Å². The lowest BCUT2D eigenvalue weighted by molar-refractivity contribution is -0.136. The highest BCUT2D eigenvalue weighted by molar-refractivity contribution is 5.77. The predicted octanol–water partition coefficient (Wildman–Crippen LogP) is 0.720. The van der Waals surface area contributed by atoms with Gasteiger partial charge in [0.15, 0.2) is 0 Å². The first kappa shape index (κ1) is 17.5. The van der Waals surface area contributed by atoms with Crippen LogP contribution >= 0.6 is 0 Å². The quantitative estimate of drug-likeness (QED) is 0.738. The van der Waals surface area contributed by atoms with Crippen molar-refractivity contribution in [3.05, 3.63) is 12.4 Å². The highest BCUT2D eigenvalue weighted by Crippen LogP contribution is 2.41. The van der Waals surface area contributed by atoms with Crippen molar-refractivity contribution in [3.8, 4) is 5.88 Å². The molecule has 3 fully saturated rings. The molecule has 4 heterocycles. The Labute approximate surface area is 153 Å². The summed E-state index contributed by atoms with van der Waals surface area (Å²) < 4.78 is 17.0. The van der Waals surface area contributed by atoms with Gasteiger partial charge in [0.05, 0.1) is 26.8 Å². The molecule has 1 aromatic heterocycles. The average Bonchev–Trinajstić information content (AvgIpc) is 3.30. The van der Waals surface area contributed by atoms with Crippen molar-refractivity contribution in [2.24, 2.45) is 5.92 Å². The Kier molecular flexibility index (Phi) is 4.95. The Bertz CT molecular complexity index is 644. The number of hydrogen-bond donors (Lipinski definition) is 0. The number of nitrogens with zero attached hydrogens (tertiary/aromatic N) is 4. The monoisotopic (exact) mass is 362 g/mol. The van der Waals surface area contributed by atoms with Crippen molar-refractivity contribution in [1.82, 2.24) is 14.9 Å². The molecular weight excluding hydrogens is 336 g/mol. The van der Waals surface area contributed by atoms with Crippen molar-refractivity contribution in [1.29, 1.82) is 0 Å². The zero-order valence-electron chi connectivity index (χ0n) is 15.2. The molecular formula is C18H26N4O4. The molecule has 8 nitrogen and oxygen atoms in total. The zero-order chi connectivity index (χ0) is 18.0. The molecule has 0 radical (unpaired) electrons. The van der Waals surface area contributed by atoms with Gasteiger partial charge >= 0.3 is 0 Å². The highest BCUT2D eigenvalue weighted by Gasteiger charge is 2.53. The molecule has 1 spiro atoms. The summed E-state index contributed by atoms with van der Waals surface area (Å²) >= 11 is 0. The molecule has 3 saturated heterocycles. The van der Waals surface area contributed by atoms with Gasteiger partial charge in [-0.25, -0.2) is 9.97 Å². The molecule has 1 atom stereocenters. The van der Waals surface area contributed by atoms with Crippen LogP contribution in [0.1, 0.15) is 19.3 Å². The van der Waals surface area contributed by atoms with Crippen molar-refractivity contribution in [3.63, 3.8) is 0 Å². The molecule has 0 aliphatic carbocycles. The first-order valence-electron chi connectivity index (χ1n) is 9.31. The van der Waals surface area contributed by atoms with Gasteiger partial charge in [-0.3, -0.25) is 4.79 Å². The lowest BCUT2D eigenvalue weighted by Crippen LogP contribution is -2.65. The minimum atomic E-state index is -0.186. The number of likely N-dealkylation sites (tertiary alicyclic amines) is 1. The van der Waals surface area contributed by atoms with Crippen LogP contribution in [0.4, 0.5) is 5.82 Å².